The lowest BCUT2D eigenvalue weighted by Crippen LogP contribution is -2.40. The summed E-state index contributed by atoms with van der Waals surface area (Å²) in [5, 5.41) is 11.0. The lowest BCUT2D eigenvalue weighted by molar-refractivity contribution is -0.384. The summed E-state index contributed by atoms with van der Waals surface area (Å²) >= 11 is 0. The molecule has 1 amide bonds. The molecule has 0 heterocycles. The van der Waals surface area contributed by atoms with Gasteiger partial charge in [0.2, 0.25) is 0 Å². The van der Waals surface area contributed by atoms with Crippen molar-refractivity contribution in [3.05, 3.63) is 75.3 Å². The van der Waals surface area contributed by atoms with E-state index in [9.17, 15) is 37.7 Å². The number of non-ortho nitro benzene ring substituents is 1. The number of hydrogen-bond acceptors (Lipinski definition) is 7. The van der Waals surface area contributed by atoms with Crippen LogP contribution in [0.2, 0.25) is 0 Å². The number of hydrogen-bond donors (Lipinski definition) is 0. The highest BCUT2D eigenvalue weighted by atomic mass is 19.4. The molecule has 0 N–H and O–H groups in total. The minimum Gasteiger partial charge on any atom is -0.465 e. The minimum absolute atomic E-state index is 0.317. The average molecular weight is 454 g/mol. The molecule has 0 fully saturated rings. The summed E-state index contributed by atoms with van der Waals surface area (Å²) in [4.78, 5) is 46.9. The number of esters is 2. The third-order valence-electron chi connectivity index (χ3n) is 4.05. The molecule has 0 aliphatic carbocycles. The summed E-state index contributed by atoms with van der Waals surface area (Å²) in [6.07, 6.45) is -4.69. The van der Waals surface area contributed by atoms with Crippen molar-refractivity contribution in [3.8, 4) is 0 Å². The van der Waals surface area contributed by atoms with E-state index >= 15 is 0 Å². The topological polar surface area (TPSA) is 116 Å². The van der Waals surface area contributed by atoms with Crippen LogP contribution in [0.15, 0.2) is 48.5 Å². The summed E-state index contributed by atoms with van der Waals surface area (Å²) in [7, 11) is 1.03. The minimum atomic E-state index is -4.69. The first-order valence-corrected chi connectivity index (χ1v) is 8.93. The first-order valence-electron chi connectivity index (χ1n) is 8.93. The molecule has 0 radical (unpaired) electrons. The smallest absolute Gasteiger partial charge is 0.406 e. The van der Waals surface area contributed by atoms with Crippen molar-refractivity contribution in [3.63, 3.8) is 0 Å². The predicted molar refractivity (Wildman–Crippen MR) is 103 cm³/mol. The van der Waals surface area contributed by atoms with Gasteiger partial charge in [0, 0.05) is 18.7 Å². The van der Waals surface area contributed by atoms with Crippen LogP contribution in [0.3, 0.4) is 0 Å². The molecule has 0 aromatic heterocycles. The van der Waals surface area contributed by atoms with E-state index in [1.54, 1.807) is 18.2 Å². The van der Waals surface area contributed by atoms with Gasteiger partial charge in [0.15, 0.2) is 6.61 Å². The number of nitrogens with zero attached hydrogens (tertiary/aromatic N) is 2. The van der Waals surface area contributed by atoms with Crippen molar-refractivity contribution in [2.75, 3.05) is 20.3 Å². The quantitative estimate of drug-likeness (QED) is 0.342. The Bertz CT molecular complexity index is 1010. The van der Waals surface area contributed by atoms with E-state index in [1.807, 2.05) is 0 Å². The molecule has 0 bridgehead atoms. The van der Waals surface area contributed by atoms with Crippen LogP contribution in [0.1, 0.15) is 26.3 Å². The molecule has 0 atom stereocenters. The van der Waals surface area contributed by atoms with Gasteiger partial charge in [0.05, 0.1) is 23.2 Å². The van der Waals surface area contributed by atoms with E-state index in [0.29, 0.717) is 10.5 Å². The van der Waals surface area contributed by atoms with Crippen molar-refractivity contribution in [2.24, 2.45) is 0 Å². The van der Waals surface area contributed by atoms with E-state index in [1.165, 1.54) is 12.1 Å². The molecule has 170 valence electrons. The summed E-state index contributed by atoms with van der Waals surface area (Å²) in [6, 6.07) is 10.5. The highest BCUT2D eigenvalue weighted by Gasteiger charge is 2.33. The Kier molecular flexibility index (Phi) is 7.88. The third kappa shape index (κ3) is 7.07. The summed E-state index contributed by atoms with van der Waals surface area (Å²) in [5.74, 6) is -3.32. The van der Waals surface area contributed by atoms with Crippen LogP contribution in [-0.2, 0) is 20.8 Å². The van der Waals surface area contributed by atoms with Gasteiger partial charge >= 0.3 is 18.1 Å². The molecule has 0 spiro atoms. The average Bonchev–Trinajstić information content (AvgIpc) is 2.75. The van der Waals surface area contributed by atoms with Crippen LogP contribution in [0, 0.1) is 10.1 Å². The number of halogens is 3. The maximum Gasteiger partial charge on any atom is 0.406 e. The molecule has 32 heavy (non-hydrogen) atoms. The van der Waals surface area contributed by atoms with E-state index < -0.39 is 53.3 Å². The van der Waals surface area contributed by atoms with Gasteiger partial charge in [0.25, 0.3) is 11.6 Å². The normalized spacial score (nSPS) is 10.9. The van der Waals surface area contributed by atoms with Gasteiger partial charge in [-0.3, -0.25) is 14.9 Å². The van der Waals surface area contributed by atoms with Crippen LogP contribution in [0.4, 0.5) is 18.9 Å². The zero-order valence-electron chi connectivity index (χ0n) is 16.6. The second-order valence-electron chi connectivity index (χ2n) is 6.44. The Morgan fingerprint density at radius 1 is 1.03 bits per heavy atom. The molecule has 12 heteroatoms. The van der Waals surface area contributed by atoms with Gasteiger partial charge in [-0.2, -0.15) is 13.2 Å². The number of alkyl halides is 3. The molecule has 0 unspecified atom stereocenters. The zero-order valence-corrected chi connectivity index (χ0v) is 16.6. The standard InChI is InChI=1S/C20H17F3N2O7/c1-31-18(27)14-7-15(9-16(8-14)25(29)30)19(28)32-11-17(26)24(12-20(21,22)23)10-13-5-3-2-4-6-13/h2-9H,10-12H2,1H3. The SMILES string of the molecule is COC(=O)c1cc(C(=O)OCC(=O)N(Cc2ccccc2)CC(F)(F)F)cc([N+](=O)[O-])c1. The fourth-order valence-electron chi connectivity index (χ4n) is 2.62. The highest BCUT2D eigenvalue weighted by Crippen LogP contribution is 2.20. The highest BCUT2D eigenvalue weighted by molar-refractivity contribution is 5.97. The lowest BCUT2D eigenvalue weighted by atomic mass is 10.1. The number of carbonyl (C=O) groups excluding carboxylic acids is 3. The Morgan fingerprint density at radius 2 is 1.62 bits per heavy atom. The van der Waals surface area contributed by atoms with Gasteiger partial charge < -0.3 is 14.4 Å². The molecule has 0 aliphatic rings. The number of rotatable bonds is 8. The predicted octanol–water partition coefficient (Wildman–Crippen LogP) is 3.13. The van der Waals surface area contributed by atoms with Crippen LogP contribution >= 0.6 is 0 Å². The van der Waals surface area contributed by atoms with Gasteiger partial charge in [-0.05, 0) is 11.6 Å². The fraction of sp³-hybridized carbons (Fsp3) is 0.250. The van der Waals surface area contributed by atoms with Crippen LogP contribution in [0.25, 0.3) is 0 Å². The summed E-state index contributed by atoms with van der Waals surface area (Å²) in [6.45, 7) is -2.99. The third-order valence-corrected chi connectivity index (χ3v) is 4.05. The first kappa shape index (κ1) is 24.3. The van der Waals surface area contributed by atoms with Crippen molar-refractivity contribution >= 4 is 23.5 Å². The van der Waals surface area contributed by atoms with Crippen molar-refractivity contribution in [1.29, 1.82) is 0 Å². The molecular weight excluding hydrogens is 437 g/mol. The van der Waals surface area contributed by atoms with Crippen LogP contribution in [-0.4, -0.2) is 54.1 Å². The summed E-state index contributed by atoms with van der Waals surface area (Å²) in [5.41, 5.74) is -0.952. The number of carbonyl (C=O) groups is 3. The van der Waals surface area contributed by atoms with Crippen molar-refractivity contribution in [2.45, 2.75) is 12.7 Å². The zero-order chi connectivity index (χ0) is 23.9. The van der Waals surface area contributed by atoms with E-state index in [-0.39, 0.29) is 12.1 Å². The first-order chi connectivity index (χ1) is 15.0. The maximum atomic E-state index is 12.9. The molecule has 2 rings (SSSR count). The number of methoxy groups -OCH3 is 1. The monoisotopic (exact) mass is 454 g/mol. The number of benzene rings is 2. The molecule has 2 aromatic carbocycles. The van der Waals surface area contributed by atoms with Crippen molar-refractivity contribution in [1.82, 2.24) is 4.90 Å². The lowest BCUT2D eigenvalue weighted by Gasteiger charge is -2.24. The Morgan fingerprint density at radius 3 is 2.16 bits per heavy atom. The number of nitro groups is 1. The second-order valence-corrected chi connectivity index (χ2v) is 6.44. The van der Waals surface area contributed by atoms with Crippen molar-refractivity contribution < 1.29 is 42.0 Å². The van der Waals surface area contributed by atoms with Gasteiger partial charge in [-0.25, -0.2) is 9.59 Å². The number of ether oxygens (including phenoxy) is 2. The molecular formula is C20H17F3N2O7. The Balaban J connectivity index is 2.16. The molecule has 0 saturated carbocycles. The second kappa shape index (κ2) is 10.4. The van der Waals surface area contributed by atoms with Gasteiger partial charge in [-0.1, -0.05) is 30.3 Å². The van der Waals surface area contributed by atoms with Gasteiger partial charge in [-0.15, -0.1) is 0 Å². The van der Waals surface area contributed by atoms with E-state index in [4.69, 9.17) is 4.74 Å². The number of amides is 1. The largest absolute Gasteiger partial charge is 0.465 e. The number of nitro benzene ring substituents is 1. The maximum absolute atomic E-state index is 12.9. The van der Waals surface area contributed by atoms with Gasteiger partial charge in [0.1, 0.15) is 6.54 Å². The van der Waals surface area contributed by atoms with E-state index in [2.05, 4.69) is 4.74 Å². The fourth-order valence-corrected chi connectivity index (χ4v) is 2.62. The van der Waals surface area contributed by atoms with Crippen LogP contribution in [0.5, 0.6) is 0 Å². The van der Waals surface area contributed by atoms with E-state index in [0.717, 1.165) is 25.3 Å². The molecule has 0 aliphatic heterocycles. The Labute approximate surface area is 179 Å². The molecule has 2 aromatic rings. The molecule has 9 nitrogen and oxygen atoms in total. The van der Waals surface area contributed by atoms with Crippen LogP contribution < -0.4 is 0 Å². The molecule has 0 saturated heterocycles. The Hall–Kier alpha value is -3.96. The summed E-state index contributed by atoms with van der Waals surface area (Å²) < 4.78 is 47.9.